The van der Waals surface area contributed by atoms with Crippen molar-refractivity contribution in [1.82, 2.24) is 10.2 Å². The molecule has 0 saturated carbocycles. The van der Waals surface area contributed by atoms with Crippen LogP contribution in [0, 0.1) is 17.1 Å². The van der Waals surface area contributed by atoms with E-state index in [0.717, 1.165) is 4.88 Å². The molecule has 0 bridgehead atoms. The van der Waals surface area contributed by atoms with Crippen molar-refractivity contribution >= 4 is 44.9 Å². The Hall–Kier alpha value is -4.03. The highest BCUT2D eigenvalue weighted by Gasteiger charge is 2.15. The molecule has 148 valence electrons. The molecule has 0 aliphatic rings. The Morgan fingerprint density at radius 2 is 1.83 bits per heavy atom. The van der Waals surface area contributed by atoms with Crippen molar-refractivity contribution in [1.29, 1.82) is 5.26 Å². The van der Waals surface area contributed by atoms with Crippen LogP contribution in [0.5, 0.6) is 0 Å². The number of rotatable bonds is 5. The summed E-state index contributed by atoms with van der Waals surface area (Å²) in [6.07, 6.45) is 0.145. The highest BCUT2D eigenvalue weighted by atomic mass is 32.1. The molecule has 9 heteroatoms. The van der Waals surface area contributed by atoms with Crippen molar-refractivity contribution in [2.24, 2.45) is 0 Å². The number of nitriles is 1. The molecule has 2 amide bonds. The molecule has 2 aromatic heterocycles. The topological polar surface area (TPSA) is 111 Å². The van der Waals surface area contributed by atoms with Crippen LogP contribution in [0.3, 0.4) is 0 Å². The van der Waals surface area contributed by atoms with Crippen LogP contribution in [-0.2, 0) is 11.2 Å². The Bertz CT molecular complexity index is 1270. The number of carbonyl (C=O) groups is 2. The van der Waals surface area contributed by atoms with Gasteiger partial charge in [-0.3, -0.25) is 14.7 Å². The lowest BCUT2D eigenvalue weighted by atomic mass is 10.2. The zero-order valence-corrected chi connectivity index (χ0v) is 16.2. The summed E-state index contributed by atoms with van der Waals surface area (Å²) in [5.41, 5.74) is 1.44. The average Bonchev–Trinajstić information content (AvgIpc) is 3.30. The van der Waals surface area contributed by atoms with Gasteiger partial charge in [0, 0.05) is 16.1 Å². The number of thiophene rings is 1. The van der Waals surface area contributed by atoms with Gasteiger partial charge < -0.3 is 10.6 Å². The zero-order chi connectivity index (χ0) is 21.1. The minimum atomic E-state index is -0.419. The molecular weight excluding hydrogens is 405 g/mol. The minimum absolute atomic E-state index is 0.145. The van der Waals surface area contributed by atoms with E-state index in [2.05, 4.69) is 20.8 Å². The average molecular weight is 419 g/mol. The first-order valence-electron chi connectivity index (χ1n) is 8.85. The van der Waals surface area contributed by atoms with Crippen molar-refractivity contribution in [2.45, 2.75) is 6.42 Å². The van der Waals surface area contributed by atoms with Gasteiger partial charge >= 0.3 is 0 Å². The monoisotopic (exact) mass is 419 g/mol. The molecule has 0 fully saturated rings. The third-order valence-corrected chi connectivity index (χ3v) is 5.31. The molecule has 0 radical (unpaired) electrons. The molecule has 0 atom stereocenters. The van der Waals surface area contributed by atoms with Gasteiger partial charge in [0.15, 0.2) is 0 Å². The molecule has 4 rings (SSSR count). The molecule has 2 aromatic carbocycles. The van der Waals surface area contributed by atoms with Crippen molar-refractivity contribution in [3.05, 3.63) is 76.4 Å². The number of aromatic amines is 1. The number of hydrogen-bond donors (Lipinski definition) is 3. The van der Waals surface area contributed by atoms with Crippen molar-refractivity contribution in [2.75, 3.05) is 10.6 Å². The first kappa shape index (κ1) is 19.3. The molecule has 4 aromatic rings. The molecule has 0 saturated heterocycles. The van der Waals surface area contributed by atoms with Gasteiger partial charge in [0.2, 0.25) is 5.91 Å². The Labute approximate surface area is 174 Å². The number of fused-ring (bicyclic) bond motifs is 1. The van der Waals surface area contributed by atoms with Crippen LogP contribution in [-0.4, -0.2) is 22.0 Å². The summed E-state index contributed by atoms with van der Waals surface area (Å²) >= 11 is 1.34. The SMILES string of the molecule is N#Cc1ccc(NC(=O)Cc2cc3c(NC(=O)c4ccc(F)cc4)[nH]nc3s2)cc1. The van der Waals surface area contributed by atoms with E-state index >= 15 is 0 Å². The number of aromatic nitrogens is 2. The van der Waals surface area contributed by atoms with E-state index < -0.39 is 11.7 Å². The maximum Gasteiger partial charge on any atom is 0.256 e. The number of H-pyrrole nitrogens is 1. The number of carbonyl (C=O) groups excluding carboxylic acids is 2. The third-order valence-electron chi connectivity index (χ3n) is 4.28. The van der Waals surface area contributed by atoms with Gasteiger partial charge in [-0.1, -0.05) is 0 Å². The molecule has 0 aliphatic carbocycles. The summed E-state index contributed by atoms with van der Waals surface area (Å²) in [7, 11) is 0. The van der Waals surface area contributed by atoms with E-state index in [4.69, 9.17) is 5.26 Å². The molecule has 7 nitrogen and oxygen atoms in total. The number of hydrogen-bond acceptors (Lipinski definition) is 5. The fraction of sp³-hybridized carbons (Fsp3) is 0.0476. The lowest BCUT2D eigenvalue weighted by Gasteiger charge is -2.04. The van der Waals surface area contributed by atoms with E-state index in [1.54, 1.807) is 30.3 Å². The number of nitrogens with one attached hydrogen (secondary N) is 3. The van der Waals surface area contributed by atoms with Gasteiger partial charge in [0.25, 0.3) is 5.91 Å². The smallest absolute Gasteiger partial charge is 0.256 e. The van der Waals surface area contributed by atoms with Gasteiger partial charge in [0.1, 0.15) is 16.5 Å². The van der Waals surface area contributed by atoms with Crippen LogP contribution in [0.4, 0.5) is 15.9 Å². The van der Waals surface area contributed by atoms with Crippen LogP contribution >= 0.6 is 11.3 Å². The fourth-order valence-electron chi connectivity index (χ4n) is 2.82. The largest absolute Gasteiger partial charge is 0.326 e. The third kappa shape index (κ3) is 4.19. The van der Waals surface area contributed by atoms with Crippen LogP contribution in [0.2, 0.25) is 0 Å². The Balaban J connectivity index is 1.44. The molecule has 30 heavy (non-hydrogen) atoms. The van der Waals surface area contributed by atoms with Crippen molar-refractivity contribution in [3.8, 4) is 6.07 Å². The van der Waals surface area contributed by atoms with E-state index in [1.165, 1.54) is 35.6 Å². The maximum absolute atomic E-state index is 13.0. The number of anilines is 2. The van der Waals surface area contributed by atoms with E-state index in [9.17, 15) is 14.0 Å². The van der Waals surface area contributed by atoms with Crippen LogP contribution in [0.1, 0.15) is 20.8 Å². The Morgan fingerprint density at radius 3 is 2.53 bits per heavy atom. The summed E-state index contributed by atoms with van der Waals surface area (Å²) in [4.78, 5) is 26.1. The molecule has 2 heterocycles. The number of halogens is 1. The minimum Gasteiger partial charge on any atom is -0.326 e. The van der Waals surface area contributed by atoms with Gasteiger partial charge in [-0.05, 0) is 54.6 Å². The highest BCUT2D eigenvalue weighted by Crippen LogP contribution is 2.30. The molecular formula is C21H14FN5O2S. The number of amides is 2. The van der Waals surface area contributed by atoms with Crippen LogP contribution in [0.15, 0.2) is 54.6 Å². The zero-order valence-electron chi connectivity index (χ0n) is 15.4. The summed E-state index contributed by atoms with van der Waals surface area (Å²) in [5.74, 6) is -0.608. The first-order chi connectivity index (χ1) is 14.5. The van der Waals surface area contributed by atoms with E-state index in [0.29, 0.717) is 32.8 Å². The highest BCUT2D eigenvalue weighted by molar-refractivity contribution is 7.18. The van der Waals surface area contributed by atoms with Crippen molar-refractivity contribution < 1.29 is 14.0 Å². The fourth-order valence-corrected chi connectivity index (χ4v) is 3.81. The first-order valence-corrected chi connectivity index (χ1v) is 9.67. The molecule has 3 N–H and O–H groups in total. The number of nitrogens with zero attached hydrogens (tertiary/aromatic N) is 2. The number of benzene rings is 2. The summed E-state index contributed by atoms with van der Waals surface area (Å²) in [5, 5.41) is 21.9. The summed E-state index contributed by atoms with van der Waals surface area (Å²) in [6.45, 7) is 0. The molecule has 0 spiro atoms. The van der Waals surface area contributed by atoms with Crippen LogP contribution < -0.4 is 10.6 Å². The predicted molar refractivity (Wildman–Crippen MR) is 112 cm³/mol. The second kappa shape index (κ2) is 8.14. The Kier molecular flexibility index (Phi) is 5.24. The quantitative estimate of drug-likeness (QED) is 0.453. The molecule has 0 aliphatic heterocycles. The standard InChI is InChI=1S/C21H14FN5O2S/c22-14-5-3-13(4-6-14)20(29)25-19-17-9-16(30-21(17)27-26-19)10-18(28)24-15-7-1-12(11-23)2-8-15/h1-9H,10H2,(H,24,28)(H2,25,26,27,29). The maximum atomic E-state index is 13.0. The van der Waals surface area contributed by atoms with Gasteiger partial charge in [-0.2, -0.15) is 10.4 Å². The lowest BCUT2D eigenvalue weighted by Crippen LogP contribution is -2.13. The van der Waals surface area contributed by atoms with Gasteiger partial charge in [-0.25, -0.2) is 4.39 Å². The van der Waals surface area contributed by atoms with Gasteiger partial charge in [0.05, 0.1) is 23.4 Å². The lowest BCUT2D eigenvalue weighted by molar-refractivity contribution is -0.115. The summed E-state index contributed by atoms with van der Waals surface area (Å²) < 4.78 is 13.0. The Morgan fingerprint density at radius 1 is 1.10 bits per heavy atom. The van der Waals surface area contributed by atoms with Crippen LogP contribution in [0.25, 0.3) is 10.2 Å². The second-order valence-corrected chi connectivity index (χ2v) is 7.52. The predicted octanol–water partition coefficient (Wildman–Crippen LogP) is 4.07. The molecule has 0 unspecified atom stereocenters. The van der Waals surface area contributed by atoms with Gasteiger partial charge in [-0.15, -0.1) is 11.3 Å². The normalized spacial score (nSPS) is 10.5. The van der Waals surface area contributed by atoms with E-state index in [-0.39, 0.29) is 12.3 Å². The van der Waals surface area contributed by atoms with Crippen molar-refractivity contribution in [3.63, 3.8) is 0 Å². The summed E-state index contributed by atoms with van der Waals surface area (Å²) in [6, 6.07) is 15.6. The second-order valence-electron chi connectivity index (χ2n) is 6.41. The van der Waals surface area contributed by atoms with E-state index in [1.807, 2.05) is 6.07 Å².